The zero-order chi connectivity index (χ0) is 22.2. The van der Waals surface area contributed by atoms with E-state index in [-0.39, 0.29) is 5.56 Å². The van der Waals surface area contributed by atoms with Crippen molar-refractivity contribution in [1.29, 1.82) is 0 Å². The second-order valence-electron chi connectivity index (χ2n) is 7.89. The van der Waals surface area contributed by atoms with E-state index in [0.29, 0.717) is 17.7 Å². The van der Waals surface area contributed by atoms with Gasteiger partial charge in [0.05, 0.1) is 22.3 Å². The number of hydrogen-bond donors (Lipinski definition) is 0. The number of fused-ring (bicyclic) bond motifs is 3. The first-order valence-electron chi connectivity index (χ1n) is 10.7. The van der Waals surface area contributed by atoms with Crippen molar-refractivity contribution in [2.24, 2.45) is 0 Å². The third kappa shape index (κ3) is 3.50. The van der Waals surface area contributed by atoms with Gasteiger partial charge in [0.2, 0.25) is 5.78 Å². The Hall–Kier alpha value is -3.39. The Morgan fingerprint density at radius 2 is 1.78 bits per heavy atom. The molecule has 0 N–H and O–H groups in total. The van der Waals surface area contributed by atoms with E-state index in [9.17, 15) is 4.79 Å². The van der Waals surface area contributed by atoms with Gasteiger partial charge in [-0.25, -0.2) is 4.68 Å². The number of nitrogens with zero attached hydrogens (tertiary/aromatic N) is 6. The number of aryl methyl sites for hydroxylation is 3. The average Bonchev–Trinajstić information content (AvgIpc) is 3.38. The van der Waals surface area contributed by atoms with Crippen LogP contribution in [-0.2, 0) is 12.3 Å². The van der Waals surface area contributed by atoms with Gasteiger partial charge in [0, 0.05) is 18.0 Å². The van der Waals surface area contributed by atoms with Crippen molar-refractivity contribution in [2.45, 2.75) is 44.6 Å². The van der Waals surface area contributed by atoms with Crippen LogP contribution in [0, 0.1) is 13.8 Å². The lowest BCUT2D eigenvalue weighted by Crippen LogP contribution is -2.23. The molecule has 5 rings (SSSR count). The molecular weight excluding hydrogens is 420 g/mol. The predicted octanol–water partition coefficient (Wildman–Crippen LogP) is 4.55. The molecule has 0 bridgehead atoms. The molecule has 0 unspecified atom stereocenters. The van der Waals surface area contributed by atoms with Gasteiger partial charge in [-0.3, -0.25) is 13.8 Å². The minimum Gasteiger partial charge on any atom is -0.276 e. The summed E-state index contributed by atoms with van der Waals surface area (Å²) in [6, 6.07) is 18.1. The van der Waals surface area contributed by atoms with Crippen LogP contribution in [0.25, 0.3) is 22.4 Å². The van der Waals surface area contributed by atoms with Crippen LogP contribution in [0.1, 0.15) is 30.3 Å². The molecule has 0 atom stereocenters. The van der Waals surface area contributed by atoms with Crippen molar-refractivity contribution in [3.8, 4) is 5.69 Å². The molecule has 3 aromatic heterocycles. The third-order valence-electron chi connectivity index (χ3n) is 5.48. The van der Waals surface area contributed by atoms with Gasteiger partial charge in [-0.2, -0.15) is 5.10 Å². The minimum atomic E-state index is -0.0151. The van der Waals surface area contributed by atoms with Crippen molar-refractivity contribution in [3.05, 3.63) is 81.9 Å². The maximum Gasteiger partial charge on any atom is 0.262 e. The van der Waals surface area contributed by atoms with Crippen LogP contribution in [0.15, 0.2) is 64.5 Å². The molecule has 2 aromatic carbocycles. The molecule has 0 fully saturated rings. The topological polar surface area (TPSA) is 70.0 Å². The maximum absolute atomic E-state index is 13.0. The Balaban J connectivity index is 1.47. The van der Waals surface area contributed by atoms with Gasteiger partial charge in [0.15, 0.2) is 5.16 Å². The number of hydrogen-bond acceptors (Lipinski definition) is 5. The molecule has 32 heavy (non-hydrogen) atoms. The zero-order valence-electron chi connectivity index (χ0n) is 18.3. The van der Waals surface area contributed by atoms with Crippen LogP contribution in [0.4, 0.5) is 0 Å². The molecule has 0 aliphatic rings. The van der Waals surface area contributed by atoms with Crippen molar-refractivity contribution in [1.82, 2.24) is 28.9 Å². The van der Waals surface area contributed by atoms with Crippen LogP contribution in [0.2, 0.25) is 0 Å². The van der Waals surface area contributed by atoms with E-state index < -0.39 is 0 Å². The van der Waals surface area contributed by atoms with Gasteiger partial charge < -0.3 is 0 Å². The molecule has 0 spiro atoms. The van der Waals surface area contributed by atoms with E-state index in [0.717, 1.165) is 39.9 Å². The van der Waals surface area contributed by atoms with Crippen LogP contribution in [-0.4, -0.2) is 28.9 Å². The summed E-state index contributed by atoms with van der Waals surface area (Å²) in [5.41, 5.74) is 5.18. The lowest BCUT2D eigenvalue weighted by molar-refractivity contribution is 0.662. The highest BCUT2D eigenvalue weighted by atomic mass is 32.2. The van der Waals surface area contributed by atoms with Crippen LogP contribution in [0.5, 0.6) is 0 Å². The largest absolute Gasteiger partial charge is 0.276 e. The van der Waals surface area contributed by atoms with Gasteiger partial charge in [-0.1, -0.05) is 43.0 Å². The summed E-state index contributed by atoms with van der Waals surface area (Å²) < 4.78 is 5.68. The summed E-state index contributed by atoms with van der Waals surface area (Å²) in [4.78, 5) is 13.0. The highest BCUT2D eigenvalue weighted by molar-refractivity contribution is 7.98. The number of thioether (sulfide) groups is 1. The van der Waals surface area contributed by atoms with Crippen LogP contribution >= 0.6 is 11.8 Å². The molecule has 7 nitrogen and oxygen atoms in total. The second kappa shape index (κ2) is 8.27. The zero-order valence-corrected chi connectivity index (χ0v) is 19.1. The van der Waals surface area contributed by atoms with Gasteiger partial charge in [-0.15, -0.1) is 10.2 Å². The fourth-order valence-corrected chi connectivity index (χ4v) is 4.92. The Labute approximate surface area is 189 Å². The molecule has 5 aromatic rings. The van der Waals surface area contributed by atoms with Crippen molar-refractivity contribution in [3.63, 3.8) is 0 Å². The van der Waals surface area contributed by atoms with Gasteiger partial charge in [-0.05, 0) is 56.2 Å². The van der Waals surface area contributed by atoms with Crippen molar-refractivity contribution < 1.29 is 0 Å². The van der Waals surface area contributed by atoms with Crippen LogP contribution in [0.3, 0.4) is 0 Å². The molecule has 0 saturated carbocycles. The Bertz CT molecular complexity index is 1480. The van der Waals surface area contributed by atoms with Crippen molar-refractivity contribution >= 4 is 28.4 Å². The number of benzene rings is 2. The maximum atomic E-state index is 13.0. The lowest BCUT2D eigenvalue weighted by atomic mass is 10.2. The quantitative estimate of drug-likeness (QED) is 0.359. The summed E-state index contributed by atoms with van der Waals surface area (Å²) in [6.45, 7) is 6.73. The Morgan fingerprint density at radius 1 is 1.00 bits per heavy atom. The minimum absolute atomic E-state index is 0.0151. The fourth-order valence-electron chi connectivity index (χ4n) is 4.02. The molecule has 0 amide bonds. The summed E-state index contributed by atoms with van der Waals surface area (Å²) in [7, 11) is 0. The monoisotopic (exact) mass is 444 g/mol. The van der Waals surface area contributed by atoms with E-state index in [4.69, 9.17) is 0 Å². The fraction of sp³-hybridized carbons (Fsp3) is 0.250. The Morgan fingerprint density at radius 3 is 2.50 bits per heavy atom. The second-order valence-corrected chi connectivity index (χ2v) is 8.83. The van der Waals surface area contributed by atoms with E-state index in [2.05, 4.69) is 59.5 Å². The molecule has 0 radical (unpaired) electrons. The summed E-state index contributed by atoms with van der Waals surface area (Å²) in [6.07, 6.45) is 0.852. The van der Waals surface area contributed by atoms with Gasteiger partial charge >= 0.3 is 0 Å². The summed E-state index contributed by atoms with van der Waals surface area (Å²) in [5, 5.41) is 14.8. The van der Waals surface area contributed by atoms with E-state index in [1.165, 1.54) is 5.56 Å². The lowest BCUT2D eigenvalue weighted by Gasteiger charge is -2.10. The molecule has 0 aliphatic carbocycles. The molecule has 0 aliphatic heterocycles. The molecule has 8 heteroatoms. The smallest absolute Gasteiger partial charge is 0.262 e. The number of para-hydroxylation sites is 1. The molecular formula is C24H24N6OS. The van der Waals surface area contributed by atoms with Gasteiger partial charge in [0.1, 0.15) is 0 Å². The summed E-state index contributed by atoms with van der Waals surface area (Å²) in [5.74, 6) is 1.34. The first-order valence-corrected chi connectivity index (χ1v) is 11.7. The molecule has 162 valence electrons. The van der Waals surface area contributed by atoms with E-state index >= 15 is 0 Å². The summed E-state index contributed by atoms with van der Waals surface area (Å²) >= 11 is 1.62. The van der Waals surface area contributed by atoms with E-state index in [1.807, 2.05) is 40.3 Å². The number of rotatable bonds is 6. The van der Waals surface area contributed by atoms with Crippen LogP contribution < -0.4 is 5.56 Å². The normalized spacial score (nSPS) is 11.6. The molecule has 3 heterocycles. The number of aromatic nitrogens is 6. The highest BCUT2D eigenvalue weighted by Gasteiger charge is 2.16. The first kappa shape index (κ1) is 20.5. The standard InChI is InChI=1S/C24H24N6OS/c1-4-13-28-22(31)20-7-5-6-8-21(20)29-23(28)25-26-24(29)32-15-18-9-11-19(12-10-18)30-17(3)14-16(2)27-30/h5-12,14H,4,13,15H2,1-3H3. The predicted molar refractivity (Wildman–Crippen MR) is 128 cm³/mol. The highest BCUT2D eigenvalue weighted by Crippen LogP contribution is 2.25. The SMILES string of the molecule is CCCn1c(=O)c2ccccc2n2c(SCc3ccc(-n4nc(C)cc4C)cc3)nnc12. The average molecular weight is 445 g/mol. The van der Waals surface area contributed by atoms with Crippen molar-refractivity contribution in [2.75, 3.05) is 0 Å². The third-order valence-corrected chi connectivity index (χ3v) is 6.48. The Kier molecular flexibility index (Phi) is 5.30. The van der Waals surface area contributed by atoms with Gasteiger partial charge in [0.25, 0.3) is 5.56 Å². The first-order chi connectivity index (χ1) is 15.6. The van der Waals surface area contributed by atoms with E-state index in [1.54, 1.807) is 16.3 Å². The molecule has 0 saturated heterocycles.